The maximum absolute atomic E-state index is 12.2. The van der Waals surface area contributed by atoms with E-state index in [-0.39, 0.29) is 5.89 Å². The van der Waals surface area contributed by atoms with Gasteiger partial charge in [-0.1, -0.05) is 5.16 Å². The van der Waals surface area contributed by atoms with Crippen molar-refractivity contribution in [2.24, 2.45) is 0 Å². The van der Waals surface area contributed by atoms with E-state index >= 15 is 0 Å². The lowest BCUT2D eigenvalue weighted by Crippen LogP contribution is -2.11. The number of carbonyl (C=O) groups is 1. The summed E-state index contributed by atoms with van der Waals surface area (Å²) >= 11 is 1.24. The lowest BCUT2D eigenvalue weighted by molar-refractivity contribution is 0.0271. The molecule has 0 saturated carbocycles. The smallest absolute Gasteiger partial charge is 0.351 e. The molecule has 3 aromatic heterocycles. The molecule has 3 aromatic rings. The highest BCUT2D eigenvalue weighted by Crippen LogP contribution is 2.24. The van der Waals surface area contributed by atoms with E-state index in [1.165, 1.54) is 22.3 Å². The molecule has 9 nitrogen and oxygen atoms in total. The van der Waals surface area contributed by atoms with Crippen molar-refractivity contribution in [1.29, 1.82) is 0 Å². The van der Waals surface area contributed by atoms with E-state index in [9.17, 15) is 4.79 Å². The summed E-state index contributed by atoms with van der Waals surface area (Å²) in [6, 6.07) is 1.74. The van der Waals surface area contributed by atoms with Gasteiger partial charge in [-0.15, -0.1) is 16.4 Å². The van der Waals surface area contributed by atoms with Crippen LogP contribution < -0.4 is 0 Å². The first-order chi connectivity index (χ1) is 10.1. The van der Waals surface area contributed by atoms with E-state index in [1.54, 1.807) is 25.3 Å². The molecule has 0 amide bonds. The van der Waals surface area contributed by atoms with Gasteiger partial charge in [0.25, 0.3) is 5.89 Å². The van der Waals surface area contributed by atoms with Crippen LogP contribution in [0.25, 0.3) is 5.69 Å². The van der Waals surface area contributed by atoms with Crippen LogP contribution in [0.2, 0.25) is 0 Å². The van der Waals surface area contributed by atoms with Gasteiger partial charge in [0.15, 0.2) is 11.9 Å². The normalized spacial score (nSPS) is 12.3. The van der Waals surface area contributed by atoms with Crippen molar-refractivity contribution >= 4 is 17.3 Å². The third-order valence-electron chi connectivity index (χ3n) is 2.60. The number of carbonyl (C=O) groups excluding carboxylic acids is 1. The zero-order chi connectivity index (χ0) is 14.8. The van der Waals surface area contributed by atoms with Gasteiger partial charge in [-0.3, -0.25) is 0 Å². The standard InChI is InChI=1S/C11H10N6O3S/c1-6(10-13-7(2)14-20-10)19-11(18)9-8(3-4-21-9)17-5-12-15-16-17/h3-6H,1-2H3/t6-/m0/s1. The molecule has 0 unspecified atom stereocenters. The molecule has 21 heavy (non-hydrogen) atoms. The predicted octanol–water partition coefficient (Wildman–Crippen LogP) is 1.33. The van der Waals surface area contributed by atoms with Crippen LogP contribution in [0.1, 0.15) is 34.4 Å². The van der Waals surface area contributed by atoms with E-state index in [0.29, 0.717) is 16.4 Å². The molecule has 3 heterocycles. The van der Waals surface area contributed by atoms with Crippen molar-refractivity contribution in [2.45, 2.75) is 20.0 Å². The second kappa shape index (κ2) is 5.40. The van der Waals surface area contributed by atoms with Gasteiger partial charge in [0.1, 0.15) is 11.2 Å². The Morgan fingerprint density at radius 1 is 1.52 bits per heavy atom. The second-order valence-corrected chi connectivity index (χ2v) is 5.03. The maximum Gasteiger partial charge on any atom is 0.351 e. The first kappa shape index (κ1) is 13.4. The Balaban J connectivity index is 1.79. The lowest BCUT2D eigenvalue weighted by atomic mass is 10.3. The number of hydrogen-bond acceptors (Lipinski definition) is 9. The molecule has 3 rings (SSSR count). The summed E-state index contributed by atoms with van der Waals surface area (Å²) in [6.45, 7) is 3.35. The molecular weight excluding hydrogens is 296 g/mol. The van der Waals surface area contributed by atoms with Crippen LogP contribution >= 0.6 is 11.3 Å². The minimum atomic E-state index is -0.637. The van der Waals surface area contributed by atoms with Gasteiger partial charge in [0.05, 0.1) is 5.69 Å². The van der Waals surface area contributed by atoms with Crippen LogP contribution in [-0.2, 0) is 4.74 Å². The Bertz CT molecular complexity index is 750. The number of ether oxygens (including phenoxy) is 1. The second-order valence-electron chi connectivity index (χ2n) is 4.12. The highest BCUT2D eigenvalue weighted by molar-refractivity contribution is 7.12. The molecule has 108 valence electrons. The third-order valence-corrected chi connectivity index (χ3v) is 3.48. The topological polar surface area (TPSA) is 109 Å². The average molecular weight is 306 g/mol. The molecule has 0 fully saturated rings. The summed E-state index contributed by atoms with van der Waals surface area (Å²) in [5.41, 5.74) is 0.559. The molecule has 1 atom stereocenters. The summed E-state index contributed by atoms with van der Waals surface area (Å²) in [5.74, 6) is 0.235. The number of rotatable bonds is 4. The highest BCUT2D eigenvalue weighted by atomic mass is 32.1. The van der Waals surface area contributed by atoms with Gasteiger partial charge in [-0.05, 0) is 35.7 Å². The van der Waals surface area contributed by atoms with Crippen molar-refractivity contribution in [1.82, 2.24) is 30.3 Å². The Labute approximate surface area is 122 Å². The van der Waals surface area contributed by atoms with Crippen LogP contribution in [0.4, 0.5) is 0 Å². The minimum Gasteiger partial charge on any atom is -0.448 e. The zero-order valence-corrected chi connectivity index (χ0v) is 11.9. The highest BCUT2D eigenvalue weighted by Gasteiger charge is 2.22. The number of aromatic nitrogens is 6. The van der Waals surface area contributed by atoms with Gasteiger partial charge in [-0.25, -0.2) is 4.79 Å². The molecule has 0 spiro atoms. The zero-order valence-electron chi connectivity index (χ0n) is 11.1. The first-order valence-electron chi connectivity index (χ1n) is 5.97. The maximum atomic E-state index is 12.2. The fraction of sp³-hybridized carbons (Fsp3) is 0.273. The SMILES string of the molecule is Cc1noc([C@H](C)OC(=O)c2sccc2-n2cnnn2)n1. The van der Waals surface area contributed by atoms with Gasteiger partial charge < -0.3 is 9.26 Å². The summed E-state index contributed by atoms with van der Waals surface area (Å²) in [7, 11) is 0. The van der Waals surface area contributed by atoms with Gasteiger partial charge in [-0.2, -0.15) is 9.67 Å². The van der Waals surface area contributed by atoms with Crippen molar-refractivity contribution < 1.29 is 14.1 Å². The number of tetrazole rings is 1. The molecule has 0 aliphatic heterocycles. The number of thiophene rings is 1. The lowest BCUT2D eigenvalue weighted by Gasteiger charge is -2.09. The quantitative estimate of drug-likeness (QED) is 0.664. The largest absolute Gasteiger partial charge is 0.448 e. The van der Waals surface area contributed by atoms with E-state index in [1.807, 2.05) is 0 Å². The van der Waals surface area contributed by atoms with Crippen LogP contribution in [0, 0.1) is 6.92 Å². The average Bonchev–Trinajstić information content (AvgIpc) is 3.19. The van der Waals surface area contributed by atoms with Gasteiger partial charge >= 0.3 is 5.97 Å². The fourth-order valence-corrected chi connectivity index (χ4v) is 2.41. The molecule has 0 N–H and O–H groups in total. The van der Waals surface area contributed by atoms with E-state index < -0.39 is 12.1 Å². The van der Waals surface area contributed by atoms with Gasteiger partial charge in [0, 0.05) is 0 Å². The molecular formula is C11H10N6O3S. The van der Waals surface area contributed by atoms with Crippen molar-refractivity contribution in [3.63, 3.8) is 0 Å². The molecule has 10 heteroatoms. The number of nitrogens with zero attached hydrogens (tertiary/aromatic N) is 6. The Morgan fingerprint density at radius 3 is 3.05 bits per heavy atom. The molecule has 0 bridgehead atoms. The Morgan fingerprint density at radius 2 is 2.38 bits per heavy atom. The number of aryl methyl sites for hydroxylation is 1. The minimum absolute atomic E-state index is 0.251. The first-order valence-corrected chi connectivity index (χ1v) is 6.85. The summed E-state index contributed by atoms with van der Waals surface area (Å²) < 4.78 is 11.7. The monoisotopic (exact) mass is 306 g/mol. The summed E-state index contributed by atoms with van der Waals surface area (Å²) in [4.78, 5) is 16.7. The molecule has 0 aliphatic carbocycles. The van der Waals surface area contributed by atoms with Crippen LogP contribution in [0.5, 0.6) is 0 Å². The number of hydrogen-bond donors (Lipinski definition) is 0. The molecule has 0 radical (unpaired) electrons. The van der Waals surface area contributed by atoms with Crippen molar-refractivity contribution in [2.75, 3.05) is 0 Å². The van der Waals surface area contributed by atoms with E-state index in [0.717, 1.165) is 0 Å². The summed E-state index contributed by atoms with van der Waals surface area (Å²) in [5, 5.41) is 16.3. The van der Waals surface area contributed by atoms with Crippen molar-refractivity contribution in [3.05, 3.63) is 34.4 Å². The summed E-state index contributed by atoms with van der Waals surface area (Å²) in [6.07, 6.45) is 0.770. The fourth-order valence-electron chi connectivity index (χ4n) is 1.65. The van der Waals surface area contributed by atoms with Crippen LogP contribution in [-0.4, -0.2) is 36.3 Å². The molecule has 0 saturated heterocycles. The van der Waals surface area contributed by atoms with E-state index in [4.69, 9.17) is 9.26 Å². The molecule has 0 aliphatic rings. The van der Waals surface area contributed by atoms with Crippen LogP contribution in [0.3, 0.4) is 0 Å². The third kappa shape index (κ3) is 2.65. The molecule has 0 aromatic carbocycles. The Hall–Kier alpha value is -2.62. The van der Waals surface area contributed by atoms with E-state index in [2.05, 4.69) is 25.7 Å². The van der Waals surface area contributed by atoms with Crippen LogP contribution in [0.15, 0.2) is 22.3 Å². The van der Waals surface area contributed by atoms with Gasteiger partial charge in [0.2, 0.25) is 0 Å². The predicted molar refractivity (Wildman–Crippen MR) is 69.9 cm³/mol. The van der Waals surface area contributed by atoms with Crippen molar-refractivity contribution in [3.8, 4) is 5.69 Å². The number of esters is 1. The Kier molecular flexibility index (Phi) is 3.44.